The van der Waals surface area contributed by atoms with Crippen molar-refractivity contribution in [2.75, 3.05) is 26.2 Å². The van der Waals surface area contributed by atoms with Crippen LogP contribution in [0.15, 0.2) is 51.8 Å². The molecule has 2 fully saturated rings. The first-order chi connectivity index (χ1) is 14.2. The predicted molar refractivity (Wildman–Crippen MR) is 113 cm³/mol. The number of sulfonamides is 1. The Morgan fingerprint density at radius 3 is 2.40 bits per heavy atom. The fourth-order valence-corrected chi connectivity index (χ4v) is 6.14. The highest BCUT2D eigenvalue weighted by atomic mass is 79.9. The van der Waals surface area contributed by atoms with E-state index in [1.807, 2.05) is 12.1 Å². The first-order valence-electron chi connectivity index (χ1n) is 9.71. The van der Waals surface area contributed by atoms with Crippen molar-refractivity contribution in [3.63, 3.8) is 0 Å². The van der Waals surface area contributed by atoms with Gasteiger partial charge in [0.2, 0.25) is 10.0 Å². The average molecular weight is 497 g/mol. The van der Waals surface area contributed by atoms with Crippen LogP contribution in [0.5, 0.6) is 0 Å². The van der Waals surface area contributed by atoms with Crippen LogP contribution >= 0.6 is 15.9 Å². The van der Waals surface area contributed by atoms with Gasteiger partial charge in [-0.3, -0.25) is 4.79 Å². The van der Waals surface area contributed by atoms with Crippen molar-refractivity contribution in [3.05, 3.63) is 63.9 Å². The van der Waals surface area contributed by atoms with Crippen molar-refractivity contribution in [1.29, 1.82) is 0 Å². The molecule has 0 aliphatic carbocycles. The average Bonchev–Trinajstić information content (AvgIpc) is 3.14. The molecule has 6 nitrogen and oxygen atoms in total. The lowest BCUT2D eigenvalue weighted by Crippen LogP contribution is -2.55. The van der Waals surface area contributed by atoms with Crippen LogP contribution in [0.1, 0.15) is 28.8 Å². The molecule has 160 valence electrons. The molecule has 2 aromatic rings. The Balaban J connectivity index is 1.53. The largest absolute Gasteiger partial charge is 0.358 e. The van der Waals surface area contributed by atoms with Gasteiger partial charge >= 0.3 is 0 Å². The maximum Gasteiger partial charge on any atom is 0.253 e. The summed E-state index contributed by atoms with van der Waals surface area (Å²) in [4.78, 5) is 14.6. The second-order valence-electron chi connectivity index (χ2n) is 7.58. The summed E-state index contributed by atoms with van der Waals surface area (Å²) in [7, 11) is -3.85. The summed E-state index contributed by atoms with van der Waals surface area (Å²) in [6.45, 7) is 2.85. The Morgan fingerprint density at radius 2 is 1.77 bits per heavy atom. The smallest absolute Gasteiger partial charge is 0.253 e. The molecule has 0 aromatic heterocycles. The van der Waals surface area contributed by atoms with Crippen molar-refractivity contribution in [2.45, 2.75) is 30.4 Å². The molecule has 4 rings (SSSR count). The topological polar surface area (TPSA) is 66.9 Å². The SMILES string of the molecule is Cc1cc(S(=O)(=O)N2CCOC23CCN(C(=O)c2ccc(Br)cc2)CC3)ccc1F. The number of carbonyl (C=O) groups excluding carboxylic acids is 1. The van der Waals surface area contributed by atoms with Crippen LogP contribution in [-0.4, -0.2) is 55.5 Å². The fraction of sp³-hybridized carbons (Fsp3) is 0.381. The summed E-state index contributed by atoms with van der Waals surface area (Å²) in [6.07, 6.45) is 0.767. The number of piperidine rings is 1. The zero-order valence-electron chi connectivity index (χ0n) is 16.5. The number of aryl methyl sites for hydroxylation is 1. The van der Waals surface area contributed by atoms with Gasteiger partial charge in [0.25, 0.3) is 5.91 Å². The number of nitrogens with zero attached hydrogens (tertiary/aromatic N) is 2. The standard InChI is InChI=1S/C21H22BrFN2O4S/c1-15-14-18(6-7-19(15)23)30(27,28)25-12-13-29-21(25)8-10-24(11-9-21)20(26)16-2-4-17(22)5-3-16/h2-7,14H,8-13H2,1H3. The van der Waals surface area contributed by atoms with E-state index in [2.05, 4.69) is 15.9 Å². The van der Waals surface area contributed by atoms with Gasteiger partial charge < -0.3 is 9.64 Å². The first-order valence-corrected chi connectivity index (χ1v) is 11.9. The number of amides is 1. The molecule has 0 bridgehead atoms. The highest BCUT2D eigenvalue weighted by Crippen LogP contribution is 2.38. The van der Waals surface area contributed by atoms with Crippen molar-refractivity contribution in [2.24, 2.45) is 0 Å². The van der Waals surface area contributed by atoms with Gasteiger partial charge in [0.15, 0.2) is 0 Å². The Kier molecular flexibility index (Phi) is 5.73. The Morgan fingerprint density at radius 1 is 1.10 bits per heavy atom. The maximum atomic E-state index is 13.6. The summed E-state index contributed by atoms with van der Waals surface area (Å²) >= 11 is 3.36. The highest BCUT2D eigenvalue weighted by molar-refractivity contribution is 9.10. The normalized spacial score (nSPS) is 19.4. The van der Waals surface area contributed by atoms with E-state index in [1.165, 1.54) is 29.4 Å². The predicted octanol–water partition coefficient (Wildman–Crippen LogP) is 3.55. The first kappa shape index (κ1) is 21.4. The van der Waals surface area contributed by atoms with E-state index in [0.29, 0.717) is 38.1 Å². The minimum Gasteiger partial charge on any atom is -0.358 e. The zero-order chi connectivity index (χ0) is 21.5. The molecule has 0 N–H and O–H groups in total. The molecule has 9 heteroatoms. The number of ether oxygens (including phenoxy) is 1. The number of rotatable bonds is 3. The van der Waals surface area contributed by atoms with Gasteiger partial charge in [0.1, 0.15) is 11.5 Å². The quantitative estimate of drug-likeness (QED) is 0.651. The molecule has 0 unspecified atom stereocenters. The van der Waals surface area contributed by atoms with Crippen molar-refractivity contribution in [1.82, 2.24) is 9.21 Å². The van der Waals surface area contributed by atoms with Gasteiger partial charge in [-0.05, 0) is 55.0 Å². The molecule has 2 heterocycles. The lowest BCUT2D eigenvalue weighted by atomic mass is 10.00. The monoisotopic (exact) mass is 496 g/mol. The van der Waals surface area contributed by atoms with E-state index in [1.54, 1.807) is 17.0 Å². The van der Waals surface area contributed by atoms with Crippen LogP contribution < -0.4 is 0 Å². The number of hydrogen-bond donors (Lipinski definition) is 0. The van der Waals surface area contributed by atoms with Crippen LogP contribution in [0.25, 0.3) is 0 Å². The molecule has 0 saturated carbocycles. The van der Waals surface area contributed by atoms with E-state index in [0.717, 1.165) is 4.47 Å². The van der Waals surface area contributed by atoms with Crippen molar-refractivity contribution in [3.8, 4) is 0 Å². The van der Waals surface area contributed by atoms with E-state index in [9.17, 15) is 17.6 Å². The molecular formula is C21H22BrFN2O4S. The minimum atomic E-state index is -3.85. The number of hydrogen-bond acceptors (Lipinski definition) is 4. The summed E-state index contributed by atoms with van der Waals surface area (Å²) in [5.74, 6) is -0.528. The van der Waals surface area contributed by atoms with Crippen LogP contribution in [-0.2, 0) is 14.8 Å². The third-order valence-corrected chi connectivity index (χ3v) is 8.23. The minimum absolute atomic E-state index is 0.0552. The summed E-state index contributed by atoms with van der Waals surface area (Å²) in [5.41, 5.74) is -0.106. The summed E-state index contributed by atoms with van der Waals surface area (Å²) in [6, 6.07) is 11.0. The molecule has 2 saturated heterocycles. The summed E-state index contributed by atoms with van der Waals surface area (Å²) in [5, 5.41) is 0. The fourth-order valence-electron chi connectivity index (χ4n) is 4.07. The van der Waals surface area contributed by atoms with Gasteiger partial charge in [-0.25, -0.2) is 12.8 Å². The third-order valence-electron chi connectivity index (χ3n) is 5.76. The molecule has 2 aliphatic heterocycles. The van der Waals surface area contributed by atoms with Gasteiger partial charge in [-0.2, -0.15) is 4.31 Å². The van der Waals surface area contributed by atoms with Crippen molar-refractivity contribution >= 4 is 31.9 Å². The molecule has 0 radical (unpaired) electrons. The van der Waals surface area contributed by atoms with Crippen LogP contribution in [0.4, 0.5) is 4.39 Å². The van der Waals surface area contributed by atoms with Crippen LogP contribution in [0.2, 0.25) is 0 Å². The molecule has 0 atom stereocenters. The second-order valence-corrected chi connectivity index (χ2v) is 10.4. The third kappa shape index (κ3) is 3.79. The molecule has 1 spiro atoms. The van der Waals surface area contributed by atoms with E-state index >= 15 is 0 Å². The van der Waals surface area contributed by atoms with Gasteiger partial charge in [0.05, 0.1) is 11.5 Å². The zero-order valence-corrected chi connectivity index (χ0v) is 18.9. The van der Waals surface area contributed by atoms with Gasteiger partial charge in [-0.15, -0.1) is 0 Å². The molecular weight excluding hydrogens is 475 g/mol. The lowest BCUT2D eigenvalue weighted by molar-refractivity contribution is -0.0857. The van der Waals surface area contributed by atoms with Crippen LogP contribution in [0, 0.1) is 12.7 Å². The highest BCUT2D eigenvalue weighted by Gasteiger charge is 2.51. The molecule has 1 amide bonds. The van der Waals surface area contributed by atoms with Gasteiger partial charge in [0, 0.05) is 42.5 Å². The second kappa shape index (κ2) is 8.03. The number of likely N-dealkylation sites (tertiary alicyclic amines) is 1. The number of halogens is 2. The Hall–Kier alpha value is -1.81. The Labute approximate surface area is 183 Å². The number of carbonyl (C=O) groups is 1. The van der Waals surface area contributed by atoms with E-state index < -0.39 is 21.6 Å². The summed E-state index contributed by atoms with van der Waals surface area (Å²) < 4.78 is 48.4. The number of benzene rings is 2. The van der Waals surface area contributed by atoms with Crippen molar-refractivity contribution < 1.29 is 22.3 Å². The molecule has 30 heavy (non-hydrogen) atoms. The van der Waals surface area contributed by atoms with Crippen LogP contribution in [0.3, 0.4) is 0 Å². The maximum absolute atomic E-state index is 13.6. The van der Waals surface area contributed by atoms with Gasteiger partial charge in [-0.1, -0.05) is 15.9 Å². The molecule has 2 aromatic carbocycles. The van der Waals surface area contributed by atoms with E-state index in [4.69, 9.17) is 4.74 Å². The van der Waals surface area contributed by atoms with E-state index in [-0.39, 0.29) is 22.9 Å². The Bertz CT molecular complexity index is 1070. The lowest BCUT2D eigenvalue weighted by Gasteiger charge is -2.42. The molecule has 2 aliphatic rings.